The maximum absolute atomic E-state index is 12.4. The first-order valence-electron chi connectivity index (χ1n) is 13.3. The Bertz CT molecular complexity index is 867. The quantitative estimate of drug-likeness (QED) is 0.331. The zero-order chi connectivity index (χ0) is 26.0. The number of carbonyl (C=O) groups excluding carboxylic acids is 1. The Morgan fingerprint density at radius 1 is 1.17 bits per heavy atom. The molecule has 5 nitrogen and oxygen atoms in total. The number of aliphatic hydroxyl groups excluding tert-OH is 3. The van der Waals surface area contributed by atoms with Crippen molar-refractivity contribution in [1.29, 1.82) is 0 Å². The van der Waals surface area contributed by atoms with Gasteiger partial charge in [-0.05, 0) is 96.3 Å². The number of hydrogen-bond acceptors (Lipinski definition) is 5. The average Bonchev–Trinajstić information content (AvgIpc) is 3.12. The lowest BCUT2D eigenvalue weighted by molar-refractivity contribution is -0.162. The van der Waals surface area contributed by atoms with Gasteiger partial charge in [0.2, 0.25) is 0 Å². The van der Waals surface area contributed by atoms with E-state index in [9.17, 15) is 20.1 Å². The SMILES string of the molecule is C=C(C=C[C@@H](O)C(C)(C)C(=O)OC(C)C)[C@H]1CC[C@H]2C(=CC=C3C[C@@H](O)C[C@H](O)C3)CCC[C@]12C. The maximum Gasteiger partial charge on any atom is 0.314 e. The van der Waals surface area contributed by atoms with E-state index in [2.05, 4.69) is 25.7 Å². The lowest BCUT2D eigenvalue weighted by Gasteiger charge is -2.42. The Morgan fingerprint density at radius 2 is 1.83 bits per heavy atom. The summed E-state index contributed by atoms with van der Waals surface area (Å²) < 4.78 is 5.33. The second-order valence-electron chi connectivity index (χ2n) is 12.1. The van der Waals surface area contributed by atoms with E-state index in [4.69, 9.17) is 4.74 Å². The molecule has 196 valence electrons. The van der Waals surface area contributed by atoms with Gasteiger partial charge in [0.25, 0.3) is 0 Å². The van der Waals surface area contributed by atoms with Gasteiger partial charge < -0.3 is 20.1 Å². The van der Waals surface area contributed by atoms with Crippen molar-refractivity contribution < 1.29 is 24.9 Å². The molecule has 0 aromatic heterocycles. The van der Waals surface area contributed by atoms with Crippen LogP contribution in [-0.2, 0) is 9.53 Å². The Hall–Kier alpha value is -1.69. The minimum absolute atomic E-state index is 0.118. The van der Waals surface area contributed by atoms with Gasteiger partial charge in [-0.2, -0.15) is 0 Å². The Labute approximate surface area is 211 Å². The van der Waals surface area contributed by atoms with Crippen molar-refractivity contribution in [1.82, 2.24) is 0 Å². The molecule has 3 fully saturated rings. The van der Waals surface area contributed by atoms with Crippen LogP contribution in [0.4, 0.5) is 0 Å². The molecular formula is C30H46O5. The normalized spacial score (nSPS) is 33.7. The van der Waals surface area contributed by atoms with Gasteiger partial charge in [-0.3, -0.25) is 4.79 Å². The third-order valence-corrected chi connectivity index (χ3v) is 8.59. The van der Waals surface area contributed by atoms with Crippen LogP contribution in [0.15, 0.2) is 47.6 Å². The number of esters is 1. The van der Waals surface area contributed by atoms with Gasteiger partial charge in [-0.1, -0.05) is 54.5 Å². The van der Waals surface area contributed by atoms with Crippen LogP contribution in [0.5, 0.6) is 0 Å². The van der Waals surface area contributed by atoms with E-state index < -0.39 is 29.7 Å². The molecule has 0 unspecified atom stereocenters. The number of hydrogen-bond donors (Lipinski definition) is 3. The molecule has 0 aromatic rings. The first-order valence-corrected chi connectivity index (χ1v) is 13.3. The molecule has 3 N–H and O–H groups in total. The van der Waals surface area contributed by atoms with Crippen LogP contribution in [0.1, 0.15) is 86.0 Å². The van der Waals surface area contributed by atoms with E-state index in [1.54, 1.807) is 33.8 Å². The van der Waals surface area contributed by atoms with Crippen LogP contribution in [0, 0.1) is 22.7 Å². The zero-order valence-electron chi connectivity index (χ0n) is 22.3. The van der Waals surface area contributed by atoms with Gasteiger partial charge in [0.1, 0.15) is 0 Å². The van der Waals surface area contributed by atoms with E-state index in [0.717, 1.165) is 43.3 Å². The molecular weight excluding hydrogens is 440 g/mol. The highest BCUT2D eigenvalue weighted by Gasteiger charge is 2.49. The Balaban J connectivity index is 1.70. The summed E-state index contributed by atoms with van der Waals surface area (Å²) in [4.78, 5) is 12.4. The number of aliphatic hydroxyl groups is 3. The van der Waals surface area contributed by atoms with Crippen molar-refractivity contribution >= 4 is 5.97 Å². The van der Waals surface area contributed by atoms with E-state index in [1.165, 1.54) is 5.57 Å². The minimum atomic E-state index is -1.03. The molecule has 3 rings (SSSR count). The fourth-order valence-electron chi connectivity index (χ4n) is 6.44. The summed E-state index contributed by atoms with van der Waals surface area (Å²) in [6.45, 7) is 13.8. The van der Waals surface area contributed by atoms with Gasteiger partial charge in [0.15, 0.2) is 0 Å². The third-order valence-electron chi connectivity index (χ3n) is 8.59. The van der Waals surface area contributed by atoms with Gasteiger partial charge in [0, 0.05) is 0 Å². The number of ether oxygens (including phenoxy) is 1. The molecule has 0 bridgehead atoms. The predicted molar refractivity (Wildman–Crippen MR) is 139 cm³/mol. The van der Waals surface area contributed by atoms with Crippen molar-refractivity contribution in [2.45, 2.75) is 110 Å². The third kappa shape index (κ3) is 6.36. The Morgan fingerprint density at radius 3 is 2.46 bits per heavy atom. The highest BCUT2D eigenvalue weighted by atomic mass is 16.5. The second-order valence-corrected chi connectivity index (χ2v) is 12.1. The molecule has 3 saturated carbocycles. The van der Waals surface area contributed by atoms with Crippen LogP contribution in [-0.4, -0.2) is 45.7 Å². The standard InChI is InChI=1S/C30H46O5/c1-19(2)35-28(34)29(4,5)27(33)14-9-20(3)25-12-13-26-22(8-7-15-30(25,26)6)11-10-21-16-23(31)18-24(32)17-21/h9-11,14,19,23-27,31-33H,3,7-8,12-13,15-18H2,1-2,4-6H3/t23-,24-,25-,26+,27-,30-/m1/s1. The number of allylic oxidation sites excluding steroid dienone is 5. The summed E-state index contributed by atoms with van der Waals surface area (Å²) in [6, 6.07) is 0. The van der Waals surface area contributed by atoms with Crippen LogP contribution in [0.25, 0.3) is 0 Å². The predicted octanol–water partition coefficient (Wildman–Crippen LogP) is 5.41. The molecule has 0 amide bonds. The van der Waals surface area contributed by atoms with Crippen molar-refractivity contribution in [3.63, 3.8) is 0 Å². The summed E-state index contributed by atoms with van der Waals surface area (Å²) in [5.74, 6) is 0.415. The molecule has 35 heavy (non-hydrogen) atoms. The highest BCUT2D eigenvalue weighted by Crippen LogP contribution is 2.59. The summed E-state index contributed by atoms with van der Waals surface area (Å²) in [5.41, 5.74) is 2.70. The average molecular weight is 487 g/mol. The topological polar surface area (TPSA) is 87.0 Å². The van der Waals surface area contributed by atoms with Gasteiger partial charge in [0.05, 0.1) is 29.8 Å². The second kappa shape index (κ2) is 11.1. The first kappa shape index (κ1) is 27.9. The van der Waals surface area contributed by atoms with E-state index >= 15 is 0 Å². The van der Waals surface area contributed by atoms with Crippen molar-refractivity contribution in [2.24, 2.45) is 22.7 Å². The highest BCUT2D eigenvalue weighted by molar-refractivity contribution is 5.77. The lowest BCUT2D eigenvalue weighted by atomic mass is 9.62. The van der Waals surface area contributed by atoms with Crippen LogP contribution in [0.2, 0.25) is 0 Å². The van der Waals surface area contributed by atoms with Gasteiger partial charge >= 0.3 is 5.97 Å². The van der Waals surface area contributed by atoms with Crippen LogP contribution < -0.4 is 0 Å². The van der Waals surface area contributed by atoms with E-state index in [1.807, 2.05) is 6.08 Å². The maximum atomic E-state index is 12.4. The largest absolute Gasteiger partial charge is 0.462 e. The van der Waals surface area contributed by atoms with Crippen molar-refractivity contribution in [3.8, 4) is 0 Å². The summed E-state index contributed by atoms with van der Waals surface area (Å²) >= 11 is 0. The molecule has 0 aliphatic heterocycles. The fraction of sp³-hybridized carbons (Fsp3) is 0.700. The number of carbonyl (C=O) groups is 1. The van der Waals surface area contributed by atoms with Crippen LogP contribution >= 0.6 is 0 Å². The number of rotatable bonds is 7. The molecule has 6 atom stereocenters. The van der Waals surface area contributed by atoms with Crippen LogP contribution in [0.3, 0.4) is 0 Å². The summed E-state index contributed by atoms with van der Waals surface area (Å²) in [6.07, 6.45) is 13.3. The summed E-state index contributed by atoms with van der Waals surface area (Å²) in [5, 5.41) is 30.7. The monoisotopic (exact) mass is 486 g/mol. The first-order chi connectivity index (χ1) is 16.3. The molecule has 5 heteroatoms. The molecule has 0 heterocycles. The fourth-order valence-corrected chi connectivity index (χ4v) is 6.44. The molecule has 3 aliphatic carbocycles. The minimum Gasteiger partial charge on any atom is -0.462 e. The van der Waals surface area contributed by atoms with Crippen molar-refractivity contribution in [2.75, 3.05) is 0 Å². The smallest absolute Gasteiger partial charge is 0.314 e. The molecule has 0 radical (unpaired) electrons. The van der Waals surface area contributed by atoms with E-state index in [-0.39, 0.29) is 11.5 Å². The molecule has 0 spiro atoms. The summed E-state index contributed by atoms with van der Waals surface area (Å²) in [7, 11) is 0. The van der Waals surface area contributed by atoms with Gasteiger partial charge in [-0.25, -0.2) is 0 Å². The van der Waals surface area contributed by atoms with E-state index in [0.29, 0.717) is 31.1 Å². The molecule has 0 saturated heterocycles. The van der Waals surface area contributed by atoms with Gasteiger partial charge in [-0.15, -0.1) is 0 Å². The lowest BCUT2D eigenvalue weighted by Crippen LogP contribution is -2.38. The zero-order valence-corrected chi connectivity index (χ0v) is 22.3. The Kier molecular flexibility index (Phi) is 8.88. The van der Waals surface area contributed by atoms with Crippen molar-refractivity contribution in [3.05, 3.63) is 47.6 Å². The molecule has 0 aromatic carbocycles. The number of fused-ring (bicyclic) bond motifs is 1. The molecule has 3 aliphatic rings.